The van der Waals surface area contributed by atoms with Gasteiger partial charge in [-0.1, -0.05) is 30.1 Å². The highest BCUT2D eigenvalue weighted by atomic mass is 127. The minimum atomic E-state index is -0.723. The first-order valence-electron chi connectivity index (χ1n) is 10.1. The Morgan fingerprint density at radius 3 is 2.28 bits per heavy atom. The van der Waals surface area contributed by atoms with Gasteiger partial charge in [-0.25, -0.2) is 0 Å². The van der Waals surface area contributed by atoms with Crippen molar-refractivity contribution < 1.29 is 5.11 Å². The van der Waals surface area contributed by atoms with Gasteiger partial charge in [0.2, 0.25) is 0 Å². The minimum absolute atomic E-state index is 0. The van der Waals surface area contributed by atoms with Gasteiger partial charge in [-0.2, -0.15) is 0 Å². The molecule has 1 fully saturated rings. The van der Waals surface area contributed by atoms with E-state index in [1.807, 2.05) is 6.92 Å². The van der Waals surface area contributed by atoms with Crippen LogP contribution in [-0.2, 0) is 0 Å². The maximum Gasteiger partial charge on any atom is 0.191 e. The molecule has 0 amide bonds. The van der Waals surface area contributed by atoms with Crippen LogP contribution >= 0.6 is 47.2 Å². The van der Waals surface area contributed by atoms with E-state index in [1.54, 1.807) is 18.2 Å². The molecule has 6 nitrogen and oxygen atoms in total. The van der Waals surface area contributed by atoms with Crippen molar-refractivity contribution in [1.82, 2.24) is 20.4 Å². The van der Waals surface area contributed by atoms with Crippen LogP contribution in [0.25, 0.3) is 0 Å². The van der Waals surface area contributed by atoms with E-state index >= 15 is 0 Å². The molecule has 1 aromatic carbocycles. The lowest BCUT2D eigenvalue weighted by Gasteiger charge is -2.37. The molecule has 2 unspecified atom stereocenters. The monoisotopic (exact) mass is 557 g/mol. The number of hydrogen-bond donors (Lipinski definition) is 3. The normalized spacial score (nSPS) is 18.1. The van der Waals surface area contributed by atoms with Crippen LogP contribution in [0.3, 0.4) is 0 Å². The molecule has 1 aliphatic heterocycles. The zero-order valence-electron chi connectivity index (χ0n) is 17.5. The Hall–Kier alpha value is -0.320. The first-order valence-corrected chi connectivity index (χ1v) is 10.8. The number of piperazine rings is 1. The van der Waals surface area contributed by atoms with Gasteiger partial charge in [0.05, 0.1) is 12.6 Å². The van der Waals surface area contributed by atoms with E-state index in [0.29, 0.717) is 40.7 Å². The summed E-state index contributed by atoms with van der Waals surface area (Å²) < 4.78 is 0. The Morgan fingerprint density at radius 2 is 1.72 bits per heavy atom. The standard InChI is InChI=1S/C20H33Cl2N5O.HI/c1-4-23-20(24-13-15(3)27-8-6-26(5-2)7-9-27)25-14-19(28)16-10-17(21)12-18(22)11-16;/h10-12,15,19,28H,4-9,13-14H2,1-3H3,(H2,23,24,25);1H. The third-order valence-corrected chi connectivity index (χ3v) is 5.50. The molecule has 0 spiro atoms. The van der Waals surface area contributed by atoms with Crippen molar-refractivity contribution in [3.63, 3.8) is 0 Å². The fourth-order valence-electron chi connectivity index (χ4n) is 3.28. The summed E-state index contributed by atoms with van der Waals surface area (Å²) in [4.78, 5) is 9.67. The van der Waals surface area contributed by atoms with Crippen molar-refractivity contribution in [2.24, 2.45) is 4.99 Å². The number of benzene rings is 1. The second-order valence-electron chi connectivity index (χ2n) is 7.14. The van der Waals surface area contributed by atoms with E-state index in [2.05, 4.69) is 34.3 Å². The van der Waals surface area contributed by atoms with E-state index in [1.165, 1.54) is 0 Å². The van der Waals surface area contributed by atoms with Crippen molar-refractivity contribution >= 4 is 53.1 Å². The molecule has 2 rings (SSSR count). The second kappa shape index (κ2) is 13.9. The predicted octanol–water partition coefficient (Wildman–Crippen LogP) is 3.23. The molecule has 166 valence electrons. The number of hydrogen-bond acceptors (Lipinski definition) is 4. The SMILES string of the molecule is CCNC(=NCC(C)N1CCN(CC)CC1)NCC(O)c1cc(Cl)cc(Cl)c1.I. The fourth-order valence-corrected chi connectivity index (χ4v) is 3.82. The summed E-state index contributed by atoms with van der Waals surface area (Å²) in [6.45, 7) is 13.8. The van der Waals surface area contributed by atoms with Crippen LogP contribution in [0.1, 0.15) is 32.4 Å². The molecule has 0 bridgehead atoms. The number of aliphatic hydroxyl groups excluding tert-OH is 1. The molecule has 1 aliphatic rings. The highest BCUT2D eigenvalue weighted by Crippen LogP contribution is 2.23. The van der Waals surface area contributed by atoms with Gasteiger partial charge in [-0.05, 0) is 44.2 Å². The molecule has 2 atom stereocenters. The van der Waals surface area contributed by atoms with Crippen LogP contribution in [0.2, 0.25) is 10.0 Å². The molecule has 9 heteroatoms. The summed E-state index contributed by atoms with van der Waals surface area (Å²) in [7, 11) is 0. The number of halogens is 3. The number of guanidine groups is 1. The Balaban J connectivity index is 0.00000420. The van der Waals surface area contributed by atoms with Crippen molar-refractivity contribution in [3.8, 4) is 0 Å². The smallest absolute Gasteiger partial charge is 0.191 e. The lowest BCUT2D eigenvalue weighted by atomic mass is 10.1. The first-order chi connectivity index (χ1) is 13.4. The Morgan fingerprint density at radius 1 is 1.10 bits per heavy atom. The number of likely N-dealkylation sites (N-methyl/N-ethyl adjacent to an activating group) is 1. The van der Waals surface area contributed by atoms with Gasteiger partial charge in [-0.3, -0.25) is 9.89 Å². The summed E-state index contributed by atoms with van der Waals surface area (Å²) in [5, 5.41) is 17.9. The van der Waals surface area contributed by atoms with E-state index in [9.17, 15) is 5.11 Å². The molecule has 3 N–H and O–H groups in total. The molecule has 0 aliphatic carbocycles. The van der Waals surface area contributed by atoms with Gasteiger partial charge < -0.3 is 20.6 Å². The lowest BCUT2D eigenvalue weighted by molar-refractivity contribution is 0.109. The van der Waals surface area contributed by atoms with Crippen molar-refractivity contribution in [2.75, 3.05) is 52.4 Å². The molecule has 0 saturated carbocycles. The Labute approximate surface area is 202 Å². The van der Waals surface area contributed by atoms with E-state index in [4.69, 9.17) is 28.2 Å². The second-order valence-corrected chi connectivity index (χ2v) is 8.01. The van der Waals surface area contributed by atoms with Crippen molar-refractivity contribution in [3.05, 3.63) is 33.8 Å². The summed E-state index contributed by atoms with van der Waals surface area (Å²) in [6, 6.07) is 5.48. The highest BCUT2D eigenvalue weighted by Gasteiger charge is 2.20. The molecule has 0 aromatic heterocycles. The molecule has 1 heterocycles. The van der Waals surface area contributed by atoms with E-state index < -0.39 is 6.10 Å². The van der Waals surface area contributed by atoms with Gasteiger partial charge in [0.25, 0.3) is 0 Å². The van der Waals surface area contributed by atoms with Gasteiger partial charge >= 0.3 is 0 Å². The maximum atomic E-state index is 10.4. The summed E-state index contributed by atoms with van der Waals surface area (Å²) in [5.41, 5.74) is 0.683. The quantitative estimate of drug-likeness (QED) is 0.260. The molecule has 1 aromatic rings. The number of nitrogens with one attached hydrogen (secondary N) is 2. The summed E-state index contributed by atoms with van der Waals surface area (Å²) in [5.74, 6) is 0.703. The van der Waals surface area contributed by atoms with Crippen molar-refractivity contribution in [1.29, 1.82) is 0 Å². The Kier molecular flexibility index (Phi) is 12.8. The molecule has 1 saturated heterocycles. The maximum absolute atomic E-state index is 10.4. The fraction of sp³-hybridized carbons (Fsp3) is 0.650. The summed E-state index contributed by atoms with van der Waals surface area (Å²) in [6.07, 6.45) is -0.723. The van der Waals surface area contributed by atoms with Crippen LogP contribution in [0, 0.1) is 0 Å². The third kappa shape index (κ3) is 9.14. The topological polar surface area (TPSA) is 63.1 Å². The number of aliphatic hydroxyl groups is 1. The highest BCUT2D eigenvalue weighted by molar-refractivity contribution is 14.0. The summed E-state index contributed by atoms with van der Waals surface area (Å²) >= 11 is 12.0. The molecule has 29 heavy (non-hydrogen) atoms. The zero-order chi connectivity index (χ0) is 20.5. The van der Waals surface area contributed by atoms with Gasteiger partial charge in [0, 0.05) is 55.4 Å². The van der Waals surface area contributed by atoms with Crippen LogP contribution in [0.4, 0.5) is 0 Å². The largest absolute Gasteiger partial charge is 0.387 e. The van der Waals surface area contributed by atoms with Gasteiger partial charge in [0.1, 0.15) is 0 Å². The number of rotatable bonds is 8. The molecular weight excluding hydrogens is 524 g/mol. The third-order valence-electron chi connectivity index (χ3n) is 5.07. The molecular formula is C20H34Cl2IN5O. The average Bonchev–Trinajstić information content (AvgIpc) is 2.68. The number of nitrogens with zero attached hydrogens (tertiary/aromatic N) is 3. The first kappa shape index (κ1) is 26.7. The number of aliphatic imine (C=N–C) groups is 1. The van der Waals surface area contributed by atoms with Crippen LogP contribution < -0.4 is 10.6 Å². The van der Waals surface area contributed by atoms with E-state index in [-0.39, 0.29) is 24.0 Å². The molecule has 0 radical (unpaired) electrons. The van der Waals surface area contributed by atoms with Crippen LogP contribution in [-0.4, -0.2) is 79.3 Å². The van der Waals surface area contributed by atoms with E-state index in [0.717, 1.165) is 39.3 Å². The van der Waals surface area contributed by atoms with Gasteiger partial charge in [-0.15, -0.1) is 24.0 Å². The minimum Gasteiger partial charge on any atom is -0.387 e. The predicted molar refractivity (Wildman–Crippen MR) is 134 cm³/mol. The van der Waals surface area contributed by atoms with Gasteiger partial charge in [0.15, 0.2) is 5.96 Å². The van der Waals surface area contributed by atoms with Crippen molar-refractivity contribution in [2.45, 2.75) is 32.9 Å². The van der Waals surface area contributed by atoms with Crippen LogP contribution in [0.15, 0.2) is 23.2 Å². The Bertz CT molecular complexity index is 621. The van der Waals surface area contributed by atoms with Crippen LogP contribution in [0.5, 0.6) is 0 Å². The zero-order valence-corrected chi connectivity index (χ0v) is 21.3. The average molecular weight is 558 g/mol. The lowest BCUT2D eigenvalue weighted by Crippen LogP contribution is -2.50.